The molecule has 0 unspecified atom stereocenters. The first kappa shape index (κ1) is 23.7. The van der Waals surface area contributed by atoms with Crippen LogP contribution in [0.25, 0.3) is 6.08 Å². The molecule has 0 amide bonds. The zero-order valence-corrected chi connectivity index (χ0v) is 22.2. The van der Waals surface area contributed by atoms with E-state index in [1.54, 1.807) is 6.08 Å². The van der Waals surface area contributed by atoms with Crippen molar-refractivity contribution in [2.24, 2.45) is 4.99 Å². The third-order valence-corrected chi connectivity index (χ3v) is 6.47. The van der Waals surface area contributed by atoms with E-state index in [-0.39, 0.29) is 11.6 Å². The Hall–Kier alpha value is -2.42. The fourth-order valence-electron chi connectivity index (χ4n) is 3.13. The van der Waals surface area contributed by atoms with Gasteiger partial charge in [0.2, 0.25) is 5.90 Å². The molecule has 168 valence electrons. The van der Waals surface area contributed by atoms with Gasteiger partial charge >= 0.3 is 5.97 Å². The predicted molar refractivity (Wildman–Crippen MR) is 139 cm³/mol. The summed E-state index contributed by atoms with van der Waals surface area (Å²) in [5.41, 5.74) is 2.67. The molecule has 0 saturated heterocycles. The lowest BCUT2D eigenvalue weighted by Crippen LogP contribution is -2.05. The Morgan fingerprint density at radius 2 is 1.73 bits per heavy atom. The van der Waals surface area contributed by atoms with Crippen molar-refractivity contribution in [3.8, 4) is 11.5 Å². The van der Waals surface area contributed by atoms with E-state index < -0.39 is 5.97 Å². The third-order valence-electron chi connectivity index (χ3n) is 4.66. The average Bonchev–Trinajstić information content (AvgIpc) is 3.15. The first-order valence-corrected chi connectivity index (χ1v) is 12.4. The Labute approximate surface area is 216 Å². The van der Waals surface area contributed by atoms with E-state index in [4.69, 9.17) is 14.2 Å². The Kier molecular flexibility index (Phi) is 7.67. The molecule has 0 saturated carbocycles. The second kappa shape index (κ2) is 10.7. The summed E-state index contributed by atoms with van der Waals surface area (Å²) < 4.78 is 19.8. The molecule has 3 aromatic carbocycles. The summed E-state index contributed by atoms with van der Waals surface area (Å²) >= 11 is 10.5. The van der Waals surface area contributed by atoms with Gasteiger partial charge in [0.05, 0.1) is 16.6 Å². The van der Waals surface area contributed by atoms with E-state index in [9.17, 15) is 4.79 Å². The van der Waals surface area contributed by atoms with E-state index in [0.717, 1.165) is 20.1 Å². The molecule has 0 aromatic heterocycles. The number of carbonyl (C=O) groups is 1. The molecule has 0 aliphatic carbocycles. The van der Waals surface area contributed by atoms with Crippen molar-refractivity contribution in [2.75, 3.05) is 6.61 Å². The number of benzene rings is 3. The molecule has 0 fully saturated rings. The molecule has 0 atom stereocenters. The highest BCUT2D eigenvalue weighted by atomic mass is 79.9. The van der Waals surface area contributed by atoms with E-state index in [1.807, 2.05) is 67.6 Å². The van der Waals surface area contributed by atoms with Gasteiger partial charge in [0.1, 0.15) is 6.61 Å². The number of halogens is 3. The van der Waals surface area contributed by atoms with Gasteiger partial charge in [-0.25, -0.2) is 9.79 Å². The molecule has 8 heteroatoms. The van der Waals surface area contributed by atoms with E-state index >= 15 is 0 Å². The van der Waals surface area contributed by atoms with Crippen molar-refractivity contribution in [1.82, 2.24) is 0 Å². The molecule has 1 heterocycles. The maximum atomic E-state index is 12.4. The van der Waals surface area contributed by atoms with Gasteiger partial charge in [-0.05, 0) is 92.4 Å². The highest BCUT2D eigenvalue weighted by Crippen LogP contribution is 2.38. The molecule has 5 nitrogen and oxygen atoms in total. The van der Waals surface area contributed by atoms with Crippen molar-refractivity contribution in [3.63, 3.8) is 0 Å². The van der Waals surface area contributed by atoms with Crippen LogP contribution in [-0.4, -0.2) is 18.5 Å². The van der Waals surface area contributed by atoms with Gasteiger partial charge in [-0.1, -0.05) is 40.2 Å². The summed E-state index contributed by atoms with van der Waals surface area (Å²) in [4.78, 5) is 16.8. The molecular weight excluding hydrogens is 618 g/mol. The Balaban J connectivity index is 1.61. The van der Waals surface area contributed by atoms with Crippen LogP contribution in [0.5, 0.6) is 11.5 Å². The van der Waals surface area contributed by atoms with Gasteiger partial charge in [0.25, 0.3) is 0 Å². The third kappa shape index (κ3) is 5.75. The van der Waals surface area contributed by atoms with Crippen LogP contribution in [0.1, 0.15) is 23.6 Å². The van der Waals surface area contributed by atoms with Crippen LogP contribution < -0.4 is 9.47 Å². The van der Waals surface area contributed by atoms with Crippen LogP contribution in [0.2, 0.25) is 0 Å². The van der Waals surface area contributed by atoms with Gasteiger partial charge in [-0.2, -0.15) is 0 Å². The first-order chi connectivity index (χ1) is 15.9. The minimum atomic E-state index is -0.509. The number of ether oxygens (including phenoxy) is 3. The lowest BCUT2D eigenvalue weighted by molar-refractivity contribution is -0.129. The maximum absolute atomic E-state index is 12.4. The van der Waals surface area contributed by atoms with E-state index in [2.05, 4.69) is 52.8 Å². The summed E-state index contributed by atoms with van der Waals surface area (Å²) in [5.74, 6) is 0.910. The van der Waals surface area contributed by atoms with Crippen molar-refractivity contribution in [3.05, 3.63) is 96.5 Å². The molecule has 0 spiro atoms. The molecule has 0 N–H and O–H groups in total. The number of carbonyl (C=O) groups excluding carboxylic acids is 1. The predicted octanol–water partition coefficient (Wildman–Crippen LogP) is 7.30. The average molecular weight is 636 g/mol. The molecule has 4 rings (SSSR count). The lowest BCUT2D eigenvalue weighted by Gasteiger charge is -2.15. The van der Waals surface area contributed by atoms with Crippen LogP contribution >= 0.6 is 47.8 Å². The quantitative estimate of drug-likeness (QED) is 0.202. The summed E-state index contributed by atoms with van der Waals surface area (Å²) in [7, 11) is 0. The van der Waals surface area contributed by atoms with Gasteiger partial charge in [0, 0.05) is 8.95 Å². The van der Waals surface area contributed by atoms with Crippen LogP contribution in [0, 0.1) is 0 Å². The van der Waals surface area contributed by atoms with E-state index in [1.165, 1.54) is 0 Å². The highest BCUT2D eigenvalue weighted by molar-refractivity contribution is 9.11. The zero-order chi connectivity index (χ0) is 23.4. The fraction of sp³-hybridized carbons (Fsp3) is 0.120. The standard InChI is InChI=1S/C25H18Br3NO4/c1-2-31-22-13-16(11-20(28)23(22)32-14-15-7-9-17(26)10-8-15)12-21-25(30)33-24(29-21)18-5-3-4-6-19(18)27/h3-13H,2,14H2,1H3/b21-12-. The highest BCUT2D eigenvalue weighted by Gasteiger charge is 2.25. The Morgan fingerprint density at radius 3 is 2.45 bits per heavy atom. The molecule has 3 aromatic rings. The minimum absolute atomic E-state index is 0.207. The minimum Gasteiger partial charge on any atom is -0.490 e. The SMILES string of the molecule is CCOc1cc(/C=C2\N=C(c3ccccc3Br)OC2=O)cc(Br)c1OCc1ccc(Br)cc1. The summed E-state index contributed by atoms with van der Waals surface area (Å²) in [6.45, 7) is 2.76. The van der Waals surface area contributed by atoms with Gasteiger partial charge in [-0.3, -0.25) is 0 Å². The lowest BCUT2D eigenvalue weighted by atomic mass is 10.1. The number of esters is 1. The Bertz CT molecular complexity index is 1250. The van der Waals surface area contributed by atoms with Crippen molar-refractivity contribution < 1.29 is 19.0 Å². The number of hydrogen-bond acceptors (Lipinski definition) is 5. The smallest absolute Gasteiger partial charge is 0.363 e. The molecule has 0 radical (unpaired) electrons. The Morgan fingerprint density at radius 1 is 0.970 bits per heavy atom. The summed E-state index contributed by atoms with van der Waals surface area (Å²) in [6, 6.07) is 19.0. The maximum Gasteiger partial charge on any atom is 0.363 e. The monoisotopic (exact) mass is 633 g/mol. The molecule has 0 bridgehead atoms. The van der Waals surface area contributed by atoms with Gasteiger partial charge < -0.3 is 14.2 Å². The van der Waals surface area contributed by atoms with Crippen LogP contribution in [0.4, 0.5) is 0 Å². The number of cyclic esters (lactones) is 1. The normalized spacial score (nSPS) is 14.2. The second-order valence-electron chi connectivity index (χ2n) is 6.99. The van der Waals surface area contributed by atoms with Crippen molar-refractivity contribution in [1.29, 1.82) is 0 Å². The number of rotatable bonds is 7. The van der Waals surface area contributed by atoms with Crippen molar-refractivity contribution in [2.45, 2.75) is 13.5 Å². The number of aliphatic imine (C=N–C) groups is 1. The van der Waals surface area contributed by atoms with E-state index in [0.29, 0.717) is 34.7 Å². The van der Waals surface area contributed by atoms with Crippen LogP contribution in [0.3, 0.4) is 0 Å². The number of hydrogen-bond donors (Lipinski definition) is 0. The summed E-state index contributed by atoms with van der Waals surface area (Å²) in [5, 5.41) is 0. The second-order valence-corrected chi connectivity index (χ2v) is 9.62. The molecule has 1 aliphatic heterocycles. The molecule has 1 aliphatic rings. The fourth-order valence-corrected chi connectivity index (χ4v) is 4.42. The van der Waals surface area contributed by atoms with Gasteiger partial charge in [-0.15, -0.1) is 0 Å². The molecular formula is C25H18Br3NO4. The summed E-state index contributed by atoms with van der Waals surface area (Å²) in [6.07, 6.45) is 1.66. The van der Waals surface area contributed by atoms with Crippen molar-refractivity contribution >= 4 is 65.7 Å². The number of nitrogens with zero attached hydrogens (tertiary/aromatic N) is 1. The van der Waals surface area contributed by atoms with Crippen LogP contribution in [0.15, 0.2) is 84.8 Å². The first-order valence-electron chi connectivity index (χ1n) is 10.1. The largest absolute Gasteiger partial charge is 0.490 e. The zero-order valence-electron chi connectivity index (χ0n) is 17.5. The topological polar surface area (TPSA) is 57.1 Å². The van der Waals surface area contributed by atoms with Crippen LogP contribution in [-0.2, 0) is 16.1 Å². The molecule has 33 heavy (non-hydrogen) atoms. The van der Waals surface area contributed by atoms with Gasteiger partial charge in [0.15, 0.2) is 17.2 Å².